The average molecular weight is 327 g/mol. The molecule has 1 heterocycles. The molecule has 2 N–H and O–H groups in total. The van der Waals surface area contributed by atoms with Gasteiger partial charge in [-0.1, -0.05) is 30.3 Å². The van der Waals surface area contributed by atoms with Gasteiger partial charge in [-0.2, -0.15) is 0 Å². The van der Waals surface area contributed by atoms with Crippen molar-refractivity contribution in [1.82, 2.24) is 9.80 Å². The fourth-order valence-corrected chi connectivity index (χ4v) is 3.03. The van der Waals surface area contributed by atoms with E-state index >= 15 is 0 Å². The topological polar surface area (TPSA) is 58.8 Å². The van der Waals surface area contributed by atoms with Crippen LogP contribution < -0.4 is 10.5 Å². The lowest BCUT2D eigenvalue weighted by molar-refractivity contribution is -0.135. The Balaban J connectivity index is 1.48. The number of nitrogens with zero attached hydrogens (tertiary/aromatic N) is 2. The zero-order valence-corrected chi connectivity index (χ0v) is 14.0. The molecule has 2 aromatic rings. The first-order valence-electron chi connectivity index (χ1n) is 8.58. The summed E-state index contributed by atoms with van der Waals surface area (Å²) in [6.45, 7) is 5.21. The quantitative estimate of drug-likeness (QED) is 0.877. The van der Waals surface area contributed by atoms with Gasteiger partial charge in [0.25, 0.3) is 5.91 Å². The molecule has 1 amide bonds. The van der Waals surface area contributed by atoms with Crippen LogP contribution >= 0.6 is 0 Å². The Hall–Kier alpha value is -2.11. The third-order valence-corrected chi connectivity index (χ3v) is 4.49. The third kappa shape index (κ3) is 4.24. The number of piperazine rings is 1. The Bertz CT molecular complexity index is 681. The molecule has 24 heavy (non-hydrogen) atoms. The van der Waals surface area contributed by atoms with Gasteiger partial charge in [0.15, 0.2) is 6.61 Å². The molecule has 0 aromatic heterocycles. The predicted octanol–water partition coefficient (Wildman–Crippen LogP) is 1.71. The van der Waals surface area contributed by atoms with Gasteiger partial charge < -0.3 is 15.4 Å². The number of ether oxygens (including phenoxy) is 1. The second-order valence-electron chi connectivity index (χ2n) is 6.16. The summed E-state index contributed by atoms with van der Waals surface area (Å²) in [5, 5.41) is 2.29. The molecule has 1 aliphatic rings. The van der Waals surface area contributed by atoms with E-state index in [2.05, 4.69) is 11.0 Å². The summed E-state index contributed by atoms with van der Waals surface area (Å²) in [5.41, 5.74) is 5.54. The molecule has 5 heteroatoms. The number of benzene rings is 2. The average Bonchev–Trinajstić information content (AvgIpc) is 2.64. The molecule has 1 saturated heterocycles. The highest BCUT2D eigenvalue weighted by molar-refractivity contribution is 5.84. The summed E-state index contributed by atoms with van der Waals surface area (Å²) in [6.07, 6.45) is 1.01. The van der Waals surface area contributed by atoms with Crippen molar-refractivity contribution < 1.29 is 9.53 Å². The maximum absolute atomic E-state index is 12.3. The highest BCUT2D eigenvalue weighted by atomic mass is 16.5. The summed E-state index contributed by atoms with van der Waals surface area (Å²) in [6, 6.07) is 14.0. The van der Waals surface area contributed by atoms with Gasteiger partial charge in [0.1, 0.15) is 5.75 Å². The van der Waals surface area contributed by atoms with Crippen molar-refractivity contribution in [2.24, 2.45) is 5.73 Å². The van der Waals surface area contributed by atoms with E-state index in [0.717, 1.165) is 56.8 Å². The molecule has 0 atom stereocenters. The number of carbonyl (C=O) groups is 1. The summed E-state index contributed by atoms with van der Waals surface area (Å²) in [7, 11) is 0. The first-order valence-corrected chi connectivity index (χ1v) is 8.58. The van der Waals surface area contributed by atoms with Gasteiger partial charge in [-0.15, -0.1) is 0 Å². The summed E-state index contributed by atoms with van der Waals surface area (Å²) < 4.78 is 5.70. The second-order valence-corrected chi connectivity index (χ2v) is 6.16. The highest BCUT2D eigenvalue weighted by Gasteiger charge is 2.20. The lowest BCUT2D eigenvalue weighted by Gasteiger charge is -2.34. The number of amides is 1. The van der Waals surface area contributed by atoms with E-state index < -0.39 is 0 Å². The van der Waals surface area contributed by atoms with Gasteiger partial charge in [-0.25, -0.2) is 0 Å². The maximum Gasteiger partial charge on any atom is 0.260 e. The van der Waals surface area contributed by atoms with Crippen LogP contribution in [0.3, 0.4) is 0 Å². The van der Waals surface area contributed by atoms with Gasteiger partial charge in [0, 0.05) is 26.2 Å². The van der Waals surface area contributed by atoms with Crippen LogP contribution in [-0.2, 0) is 4.79 Å². The van der Waals surface area contributed by atoms with Crippen LogP contribution in [0, 0.1) is 0 Å². The molecule has 0 unspecified atom stereocenters. The van der Waals surface area contributed by atoms with E-state index in [1.165, 1.54) is 5.39 Å². The van der Waals surface area contributed by atoms with Crippen LogP contribution in [0.5, 0.6) is 5.75 Å². The van der Waals surface area contributed by atoms with Gasteiger partial charge in [-0.05, 0) is 42.4 Å². The third-order valence-electron chi connectivity index (χ3n) is 4.49. The summed E-state index contributed by atoms with van der Waals surface area (Å²) in [4.78, 5) is 16.6. The number of hydrogen-bond donors (Lipinski definition) is 1. The van der Waals surface area contributed by atoms with Gasteiger partial charge in [0.05, 0.1) is 0 Å². The molecule has 128 valence electrons. The molecule has 1 aliphatic heterocycles. The summed E-state index contributed by atoms with van der Waals surface area (Å²) >= 11 is 0. The highest BCUT2D eigenvalue weighted by Crippen LogP contribution is 2.20. The smallest absolute Gasteiger partial charge is 0.260 e. The predicted molar refractivity (Wildman–Crippen MR) is 96.1 cm³/mol. The van der Waals surface area contributed by atoms with Crippen molar-refractivity contribution in [3.05, 3.63) is 42.5 Å². The van der Waals surface area contributed by atoms with Gasteiger partial charge in [0.2, 0.25) is 0 Å². The minimum atomic E-state index is 0.0571. The Morgan fingerprint density at radius 3 is 2.54 bits per heavy atom. The zero-order chi connectivity index (χ0) is 16.8. The molecule has 1 fully saturated rings. The minimum Gasteiger partial charge on any atom is -0.484 e. The molecular weight excluding hydrogens is 302 g/mol. The monoisotopic (exact) mass is 327 g/mol. The van der Waals surface area contributed by atoms with E-state index in [-0.39, 0.29) is 12.5 Å². The van der Waals surface area contributed by atoms with Crippen molar-refractivity contribution in [1.29, 1.82) is 0 Å². The van der Waals surface area contributed by atoms with Crippen molar-refractivity contribution >= 4 is 16.7 Å². The SMILES string of the molecule is NCCCN1CCN(C(=O)COc2ccc3ccccc3c2)CC1. The van der Waals surface area contributed by atoms with Crippen LogP contribution in [0.15, 0.2) is 42.5 Å². The second kappa shape index (κ2) is 8.13. The standard InChI is InChI=1S/C19H25N3O2/c20-8-3-9-21-10-12-22(13-11-21)19(23)15-24-18-7-6-16-4-1-2-5-17(16)14-18/h1-2,4-7,14H,3,8-13,15,20H2. The molecule has 0 bridgehead atoms. The van der Waals surface area contributed by atoms with E-state index in [1.54, 1.807) is 0 Å². The van der Waals surface area contributed by atoms with Gasteiger partial charge in [-0.3, -0.25) is 9.69 Å². The number of nitrogens with two attached hydrogens (primary N) is 1. The van der Waals surface area contributed by atoms with Crippen LogP contribution in [-0.4, -0.2) is 61.6 Å². The van der Waals surface area contributed by atoms with Crippen LogP contribution in [0.25, 0.3) is 10.8 Å². The Morgan fingerprint density at radius 1 is 1.04 bits per heavy atom. The molecule has 0 radical (unpaired) electrons. The number of fused-ring (bicyclic) bond motifs is 1. The van der Waals surface area contributed by atoms with Crippen LogP contribution in [0.2, 0.25) is 0 Å². The number of hydrogen-bond acceptors (Lipinski definition) is 4. The van der Waals surface area contributed by atoms with Crippen LogP contribution in [0.4, 0.5) is 0 Å². The minimum absolute atomic E-state index is 0.0571. The lowest BCUT2D eigenvalue weighted by atomic mass is 10.1. The van der Waals surface area contributed by atoms with E-state index in [9.17, 15) is 4.79 Å². The van der Waals surface area contributed by atoms with Crippen molar-refractivity contribution in [3.8, 4) is 5.75 Å². The van der Waals surface area contributed by atoms with E-state index in [1.807, 2.05) is 41.3 Å². The van der Waals surface area contributed by atoms with Crippen molar-refractivity contribution in [3.63, 3.8) is 0 Å². The Kier molecular flexibility index (Phi) is 5.67. The zero-order valence-electron chi connectivity index (χ0n) is 14.0. The lowest BCUT2D eigenvalue weighted by Crippen LogP contribution is -2.50. The Morgan fingerprint density at radius 2 is 1.79 bits per heavy atom. The molecule has 0 spiro atoms. The molecule has 2 aromatic carbocycles. The van der Waals surface area contributed by atoms with E-state index in [4.69, 9.17) is 10.5 Å². The van der Waals surface area contributed by atoms with Gasteiger partial charge >= 0.3 is 0 Å². The van der Waals surface area contributed by atoms with Crippen molar-refractivity contribution in [2.75, 3.05) is 45.9 Å². The Labute approximate surface area is 143 Å². The molecule has 5 nitrogen and oxygen atoms in total. The fraction of sp³-hybridized carbons (Fsp3) is 0.421. The van der Waals surface area contributed by atoms with E-state index in [0.29, 0.717) is 0 Å². The molecular formula is C19H25N3O2. The number of carbonyl (C=O) groups excluding carboxylic acids is 1. The first kappa shape index (κ1) is 16.7. The first-order chi connectivity index (χ1) is 11.8. The number of rotatable bonds is 6. The van der Waals surface area contributed by atoms with Crippen LogP contribution in [0.1, 0.15) is 6.42 Å². The normalized spacial score (nSPS) is 15.6. The maximum atomic E-state index is 12.3. The fourth-order valence-electron chi connectivity index (χ4n) is 3.03. The molecule has 3 rings (SSSR count). The molecule has 0 saturated carbocycles. The summed E-state index contributed by atoms with van der Waals surface area (Å²) in [5.74, 6) is 0.797. The largest absolute Gasteiger partial charge is 0.484 e. The molecule has 0 aliphatic carbocycles. The van der Waals surface area contributed by atoms with Crippen molar-refractivity contribution in [2.45, 2.75) is 6.42 Å².